The molecule has 4 unspecified atom stereocenters. The quantitative estimate of drug-likeness (QED) is 0.252. The van der Waals surface area contributed by atoms with Gasteiger partial charge in [-0.05, 0) is 143 Å². The lowest BCUT2D eigenvalue weighted by Gasteiger charge is -2.89. The first-order valence-corrected chi connectivity index (χ1v) is 16.3. The lowest BCUT2D eigenvalue weighted by atomic mass is 9.17. The van der Waals surface area contributed by atoms with Crippen molar-refractivity contribution in [3.63, 3.8) is 0 Å². The van der Waals surface area contributed by atoms with Crippen LogP contribution in [-0.2, 0) is 18.3 Å². The third-order valence-electron chi connectivity index (χ3n) is 13.2. The van der Waals surface area contributed by atoms with Gasteiger partial charge in [0.2, 0.25) is 0 Å². The minimum absolute atomic E-state index is 0.0296. The smallest absolute Gasteiger partial charge is 0.0417 e. The largest absolute Gasteiger partial charge is 0.338 e. The van der Waals surface area contributed by atoms with E-state index in [1.54, 1.807) is 11.1 Å². The monoisotopic (exact) mass is 533 g/mol. The van der Waals surface area contributed by atoms with Crippen LogP contribution in [0.2, 0.25) is 0 Å². The van der Waals surface area contributed by atoms with Gasteiger partial charge in [0.25, 0.3) is 0 Å². The van der Waals surface area contributed by atoms with Crippen LogP contribution in [0.4, 0.5) is 11.4 Å². The molecule has 0 N–H and O–H groups in total. The van der Waals surface area contributed by atoms with E-state index in [0.29, 0.717) is 6.04 Å². The molecule has 0 amide bonds. The van der Waals surface area contributed by atoms with Crippen molar-refractivity contribution in [2.24, 2.45) is 29.1 Å². The van der Waals surface area contributed by atoms with E-state index in [-0.39, 0.29) is 5.41 Å². The van der Waals surface area contributed by atoms with Gasteiger partial charge in [-0.3, -0.25) is 0 Å². The van der Waals surface area contributed by atoms with Gasteiger partial charge in [-0.25, -0.2) is 0 Å². The summed E-state index contributed by atoms with van der Waals surface area (Å²) in [4.78, 5) is 2.80. The number of anilines is 2. The van der Waals surface area contributed by atoms with Crippen molar-refractivity contribution in [2.75, 3.05) is 4.90 Å². The average molecular weight is 534 g/mol. The highest BCUT2D eigenvalue weighted by Crippen LogP contribution is 2.88. The first kappa shape index (κ1) is 23.3. The number of nitrogens with zero attached hydrogens (tertiary/aromatic N) is 1. The van der Waals surface area contributed by atoms with Gasteiger partial charge in [-0.15, -0.1) is 0 Å². The molecule has 0 aliphatic heterocycles. The van der Waals surface area contributed by atoms with E-state index in [9.17, 15) is 0 Å². The molecule has 41 heavy (non-hydrogen) atoms. The van der Waals surface area contributed by atoms with Crippen LogP contribution >= 0.6 is 0 Å². The molecular weight excluding hydrogens is 494 g/mol. The summed E-state index contributed by atoms with van der Waals surface area (Å²) in [6.07, 6.45) is 9.57. The van der Waals surface area contributed by atoms with Crippen LogP contribution in [0.3, 0.4) is 0 Å². The van der Waals surface area contributed by atoms with Crippen LogP contribution in [0, 0.1) is 29.1 Å². The summed E-state index contributed by atoms with van der Waals surface area (Å²) >= 11 is 0. The second-order valence-electron chi connectivity index (χ2n) is 14.8. The minimum atomic E-state index is 0.0296. The fraction of sp³-hybridized carbons (Fsp3) is 0.400. The normalized spacial score (nSPS) is 32.0. The number of hydrogen-bond acceptors (Lipinski definition) is 1. The summed E-state index contributed by atoms with van der Waals surface area (Å²) in [6.45, 7) is 4.84. The number of aryl methyl sites for hydroxylation is 1. The van der Waals surface area contributed by atoms with Crippen molar-refractivity contribution in [2.45, 2.75) is 70.3 Å². The second-order valence-corrected chi connectivity index (χ2v) is 14.8. The summed E-state index contributed by atoms with van der Waals surface area (Å²) in [7, 11) is 0. The molecule has 1 nitrogen and oxygen atoms in total. The third-order valence-corrected chi connectivity index (χ3v) is 13.2. The van der Waals surface area contributed by atoms with E-state index >= 15 is 0 Å². The Morgan fingerprint density at radius 1 is 0.634 bits per heavy atom. The Labute approximate surface area is 244 Å². The molecule has 4 aromatic rings. The van der Waals surface area contributed by atoms with Crippen LogP contribution in [0.25, 0.3) is 22.3 Å². The highest BCUT2D eigenvalue weighted by molar-refractivity contribution is 5.84. The molecule has 204 valence electrons. The molecule has 4 fully saturated rings. The van der Waals surface area contributed by atoms with Crippen LogP contribution < -0.4 is 4.90 Å². The number of hydrogen-bond donors (Lipinski definition) is 0. The van der Waals surface area contributed by atoms with Crippen molar-refractivity contribution in [1.29, 1.82) is 0 Å². The molecule has 1 spiro atoms. The maximum atomic E-state index is 2.80. The summed E-state index contributed by atoms with van der Waals surface area (Å²) in [6, 6.07) is 33.9. The van der Waals surface area contributed by atoms with Gasteiger partial charge in [0.15, 0.2) is 0 Å². The van der Waals surface area contributed by atoms with E-state index in [1.807, 2.05) is 0 Å². The molecule has 6 aliphatic rings. The van der Waals surface area contributed by atoms with E-state index in [4.69, 9.17) is 0 Å². The standard InChI is InChI=1S/C40H39N/c1-39(2)34-13-6-5-11-32(34)33-19-18-29(23-35(33)39)41(38-36-21-26-20-27-22-37(38)40(26,27)36)28-16-14-25(15-17-28)31-12-7-9-24-8-3-4-10-30(24)31/h5-7,9,11-19,23,26-27,36-38H,3-4,8,10,20-22H2,1-2H3. The molecule has 6 aliphatic carbocycles. The summed E-state index contributed by atoms with van der Waals surface area (Å²) < 4.78 is 0. The zero-order chi connectivity index (χ0) is 27.1. The number of rotatable bonds is 4. The Morgan fingerprint density at radius 2 is 1.34 bits per heavy atom. The van der Waals surface area contributed by atoms with E-state index in [0.717, 1.165) is 29.1 Å². The van der Waals surface area contributed by atoms with Crippen molar-refractivity contribution < 1.29 is 0 Å². The van der Waals surface area contributed by atoms with Crippen LogP contribution in [-0.4, -0.2) is 6.04 Å². The summed E-state index contributed by atoms with van der Waals surface area (Å²) in [5, 5.41) is 0. The maximum absolute atomic E-state index is 2.80. The molecule has 4 saturated carbocycles. The van der Waals surface area contributed by atoms with Gasteiger partial charge < -0.3 is 4.90 Å². The predicted molar refractivity (Wildman–Crippen MR) is 169 cm³/mol. The van der Waals surface area contributed by atoms with Crippen molar-refractivity contribution in [3.05, 3.63) is 107 Å². The van der Waals surface area contributed by atoms with Crippen LogP contribution in [0.5, 0.6) is 0 Å². The van der Waals surface area contributed by atoms with Gasteiger partial charge in [0, 0.05) is 22.8 Å². The van der Waals surface area contributed by atoms with Crippen molar-refractivity contribution in [3.8, 4) is 22.3 Å². The molecular formula is C40H39N. The van der Waals surface area contributed by atoms with Crippen LogP contribution in [0.15, 0.2) is 84.9 Å². The highest BCUT2D eigenvalue weighted by Gasteiger charge is 2.85. The molecule has 0 saturated heterocycles. The van der Waals surface area contributed by atoms with Crippen molar-refractivity contribution in [1.82, 2.24) is 0 Å². The Morgan fingerprint density at radius 3 is 2.15 bits per heavy atom. The molecule has 4 atom stereocenters. The Bertz CT molecular complexity index is 1720. The predicted octanol–water partition coefficient (Wildman–Crippen LogP) is 9.72. The fourth-order valence-electron chi connectivity index (χ4n) is 11.3. The van der Waals surface area contributed by atoms with E-state index in [2.05, 4.69) is 104 Å². The van der Waals surface area contributed by atoms with Crippen molar-refractivity contribution >= 4 is 11.4 Å². The highest BCUT2D eigenvalue weighted by atomic mass is 15.2. The van der Waals surface area contributed by atoms with Crippen LogP contribution in [0.1, 0.15) is 68.2 Å². The van der Waals surface area contributed by atoms with E-state index < -0.39 is 0 Å². The van der Waals surface area contributed by atoms with Gasteiger partial charge in [-0.2, -0.15) is 0 Å². The molecule has 4 aromatic carbocycles. The summed E-state index contributed by atoms with van der Waals surface area (Å²) in [5.74, 6) is 3.89. The van der Waals surface area contributed by atoms with E-state index in [1.165, 1.54) is 89.7 Å². The molecule has 1 heteroatoms. The van der Waals surface area contributed by atoms with Gasteiger partial charge >= 0.3 is 0 Å². The fourth-order valence-corrected chi connectivity index (χ4v) is 11.3. The average Bonchev–Trinajstić information content (AvgIpc) is 3.20. The maximum Gasteiger partial charge on any atom is 0.0417 e. The molecule has 0 radical (unpaired) electrons. The van der Waals surface area contributed by atoms with Gasteiger partial charge in [-0.1, -0.05) is 74.5 Å². The Hall–Kier alpha value is -3.32. The number of benzene rings is 4. The molecule has 10 rings (SSSR count). The lowest BCUT2D eigenvalue weighted by molar-refractivity contribution is -0.385. The zero-order valence-corrected chi connectivity index (χ0v) is 24.4. The number of fused-ring (bicyclic) bond motifs is 4. The molecule has 0 heterocycles. The topological polar surface area (TPSA) is 3.24 Å². The Kier molecular flexibility index (Phi) is 4.39. The molecule has 0 aromatic heterocycles. The van der Waals surface area contributed by atoms with Gasteiger partial charge in [0.1, 0.15) is 0 Å². The second kappa shape index (κ2) is 7.74. The first-order chi connectivity index (χ1) is 20.1. The lowest BCUT2D eigenvalue weighted by Crippen LogP contribution is -2.87. The Balaban J connectivity index is 1.07. The SMILES string of the molecule is CC1(C)c2ccccc2-c2ccc(N(c3ccc(-c4cccc5c4CCCC5)cc3)C3C4CC5CC6CC3C564)cc21. The van der Waals surface area contributed by atoms with Gasteiger partial charge in [0.05, 0.1) is 0 Å². The minimum Gasteiger partial charge on any atom is -0.338 e. The summed E-state index contributed by atoms with van der Waals surface area (Å²) in [5.41, 5.74) is 15.4. The zero-order valence-electron chi connectivity index (χ0n) is 24.4. The third kappa shape index (κ3) is 2.71. The first-order valence-electron chi connectivity index (χ1n) is 16.3. The molecule has 0 bridgehead atoms.